The molecule has 7 nitrogen and oxygen atoms in total. The van der Waals surface area contributed by atoms with E-state index in [4.69, 9.17) is 5.73 Å². The van der Waals surface area contributed by atoms with Crippen molar-refractivity contribution in [2.75, 3.05) is 11.1 Å². The van der Waals surface area contributed by atoms with E-state index in [0.29, 0.717) is 16.6 Å². The van der Waals surface area contributed by atoms with Crippen LogP contribution in [-0.4, -0.2) is 24.0 Å². The first kappa shape index (κ1) is 17.7. The standard InChI is InChI=1S/C18H16N2O5S/c1-10-6-7-11(8-14(10)19)18(22)20-15-9-16(21)17(26(23,24)25)13-5-3-2-4-12(13)15/h2-9,21H,19H2,1H3,(H,20,22)(H,23,24,25). The number of nitrogens with two attached hydrogens (primary N) is 1. The molecule has 0 saturated carbocycles. The zero-order chi connectivity index (χ0) is 19.1. The number of carbonyl (C=O) groups excluding carboxylic acids is 1. The summed E-state index contributed by atoms with van der Waals surface area (Å²) in [7, 11) is -4.65. The van der Waals surface area contributed by atoms with Gasteiger partial charge in [-0.25, -0.2) is 0 Å². The molecule has 0 spiro atoms. The smallest absolute Gasteiger partial charge is 0.298 e. The van der Waals surface area contributed by atoms with Gasteiger partial charge in [-0.2, -0.15) is 8.42 Å². The zero-order valence-corrected chi connectivity index (χ0v) is 14.5. The van der Waals surface area contributed by atoms with E-state index in [9.17, 15) is 22.9 Å². The summed E-state index contributed by atoms with van der Waals surface area (Å²) in [5.41, 5.74) is 7.64. The average molecular weight is 372 g/mol. The lowest BCUT2D eigenvalue weighted by atomic mass is 10.1. The van der Waals surface area contributed by atoms with Gasteiger partial charge in [0.2, 0.25) is 0 Å². The number of phenolic OH excluding ortho intramolecular Hbond substituents is 1. The van der Waals surface area contributed by atoms with Gasteiger partial charge >= 0.3 is 0 Å². The number of nitrogen functional groups attached to an aromatic ring is 1. The van der Waals surface area contributed by atoms with Crippen LogP contribution < -0.4 is 11.1 Å². The maximum Gasteiger partial charge on any atom is 0.298 e. The molecular formula is C18H16N2O5S. The van der Waals surface area contributed by atoms with Gasteiger partial charge in [0.05, 0.1) is 5.69 Å². The number of hydrogen-bond donors (Lipinski definition) is 4. The molecule has 26 heavy (non-hydrogen) atoms. The van der Waals surface area contributed by atoms with Crippen LogP contribution in [-0.2, 0) is 10.1 Å². The Bertz CT molecular complexity index is 1140. The lowest BCUT2D eigenvalue weighted by Gasteiger charge is -2.13. The minimum atomic E-state index is -4.65. The number of nitrogens with one attached hydrogen (secondary N) is 1. The van der Waals surface area contributed by atoms with E-state index < -0.39 is 26.7 Å². The Morgan fingerprint density at radius 3 is 2.35 bits per heavy atom. The van der Waals surface area contributed by atoms with E-state index >= 15 is 0 Å². The summed E-state index contributed by atoms with van der Waals surface area (Å²) in [6.07, 6.45) is 0. The molecule has 3 aromatic carbocycles. The number of anilines is 2. The highest BCUT2D eigenvalue weighted by molar-refractivity contribution is 7.86. The Hall–Kier alpha value is -3.10. The molecule has 8 heteroatoms. The summed E-state index contributed by atoms with van der Waals surface area (Å²) in [4.78, 5) is 11.9. The molecule has 0 aliphatic heterocycles. The van der Waals surface area contributed by atoms with Crippen molar-refractivity contribution in [3.63, 3.8) is 0 Å². The normalized spacial score (nSPS) is 11.5. The maximum atomic E-state index is 12.5. The van der Waals surface area contributed by atoms with Crippen LogP contribution in [0.4, 0.5) is 11.4 Å². The van der Waals surface area contributed by atoms with E-state index in [0.717, 1.165) is 11.6 Å². The molecule has 3 rings (SSSR count). The van der Waals surface area contributed by atoms with Crippen LogP contribution in [0, 0.1) is 6.92 Å². The molecule has 134 valence electrons. The first-order valence-electron chi connectivity index (χ1n) is 7.58. The van der Waals surface area contributed by atoms with E-state index in [1.807, 2.05) is 6.92 Å². The molecule has 1 amide bonds. The summed E-state index contributed by atoms with van der Waals surface area (Å²) < 4.78 is 32.6. The predicted molar refractivity (Wildman–Crippen MR) is 99.0 cm³/mol. The van der Waals surface area contributed by atoms with Crippen LogP contribution >= 0.6 is 0 Å². The molecule has 0 atom stereocenters. The van der Waals surface area contributed by atoms with Crippen molar-refractivity contribution < 1.29 is 22.9 Å². The summed E-state index contributed by atoms with van der Waals surface area (Å²) in [5.74, 6) is -1.13. The Labute approximate surface area is 149 Å². The number of amides is 1. The van der Waals surface area contributed by atoms with Crippen molar-refractivity contribution in [2.24, 2.45) is 0 Å². The largest absolute Gasteiger partial charge is 0.506 e. The van der Waals surface area contributed by atoms with Gasteiger partial charge in [0.1, 0.15) is 10.6 Å². The predicted octanol–water partition coefficient (Wildman–Crippen LogP) is 2.94. The molecule has 0 bridgehead atoms. The topological polar surface area (TPSA) is 130 Å². The van der Waals surface area contributed by atoms with Crippen molar-refractivity contribution >= 4 is 38.2 Å². The van der Waals surface area contributed by atoms with Gasteiger partial charge in [-0.1, -0.05) is 30.3 Å². The van der Waals surface area contributed by atoms with E-state index in [-0.39, 0.29) is 11.1 Å². The highest BCUT2D eigenvalue weighted by Crippen LogP contribution is 2.36. The Morgan fingerprint density at radius 2 is 1.73 bits per heavy atom. The van der Waals surface area contributed by atoms with Gasteiger partial charge in [0.25, 0.3) is 16.0 Å². The van der Waals surface area contributed by atoms with Crippen LogP contribution in [0.2, 0.25) is 0 Å². The third-order valence-corrected chi connectivity index (χ3v) is 4.97. The number of aryl methyl sites for hydroxylation is 1. The van der Waals surface area contributed by atoms with E-state index in [1.165, 1.54) is 12.1 Å². The maximum absolute atomic E-state index is 12.5. The van der Waals surface area contributed by atoms with Gasteiger partial charge in [-0.15, -0.1) is 0 Å². The number of benzene rings is 3. The fraction of sp³-hybridized carbons (Fsp3) is 0.0556. The molecule has 0 unspecified atom stereocenters. The van der Waals surface area contributed by atoms with Crippen LogP contribution in [0.3, 0.4) is 0 Å². The minimum absolute atomic E-state index is 0.0914. The van der Waals surface area contributed by atoms with Gasteiger partial charge in [0.15, 0.2) is 0 Å². The van der Waals surface area contributed by atoms with Crippen molar-refractivity contribution in [1.29, 1.82) is 0 Å². The molecular weight excluding hydrogens is 356 g/mol. The fourth-order valence-corrected chi connectivity index (χ4v) is 3.46. The number of fused-ring (bicyclic) bond motifs is 1. The van der Waals surface area contributed by atoms with Crippen LogP contribution in [0.1, 0.15) is 15.9 Å². The van der Waals surface area contributed by atoms with Crippen molar-refractivity contribution in [2.45, 2.75) is 11.8 Å². The van der Waals surface area contributed by atoms with Crippen molar-refractivity contribution in [3.05, 3.63) is 59.7 Å². The molecule has 0 aliphatic rings. The third-order valence-electron chi connectivity index (χ3n) is 4.02. The molecule has 5 N–H and O–H groups in total. The monoisotopic (exact) mass is 372 g/mol. The average Bonchev–Trinajstić information content (AvgIpc) is 2.56. The summed E-state index contributed by atoms with van der Waals surface area (Å²) >= 11 is 0. The lowest BCUT2D eigenvalue weighted by molar-refractivity contribution is 0.102. The van der Waals surface area contributed by atoms with Crippen LogP contribution in [0.5, 0.6) is 5.75 Å². The van der Waals surface area contributed by atoms with E-state index in [1.54, 1.807) is 30.3 Å². The molecule has 0 fully saturated rings. The molecule has 0 heterocycles. The molecule has 3 aromatic rings. The number of rotatable bonds is 3. The van der Waals surface area contributed by atoms with Gasteiger partial charge in [-0.3, -0.25) is 9.35 Å². The molecule has 0 saturated heterocycles. The second-order valence-electron chi connectivity index (χ2n) is 5.82. The highest BCUT2D eigenvalue weighted by Gasteiger charge is 2.22. The summed E-state index contributed by atoms with van der Waals surface area (Å²) in [6.45, 7) is 1.82. The lowest BCUT2D eigenvalue weighted by Crippen LogP contribution is -2.13. The van der Waals surface area contributed by atoms with Gasteiger partial charge in [0, 0.05) is 28.1 Å². The summed E-state index contributed by atoms with van der Waals surface area (Å²) in [5, 5.41) is 13.2. The Morgan fingerprint density at radius 1 is 1.08 bits per heavy atom. The molecule has 0 radical (unpaired) electrons. The zero-order valence-electron chi connectivity index (χ0n) is 13.7. The fourth-order valence-electron chi connectivity index (χ4n) is 2.68. The number of phenols is 1. The number of aromatic hydroxyl groups is 1. The van der Waals surface area contributed by atoms with E-state index in [2.05, 4.69) is 5.32 Å². The van der Waals surface area contributed by atoms with Crippen molar-refractivity contribution in [1.82, 2.24) is 0 Å². The van der Waals surface area contributed by atoms with Crippen molar-refractivity contribution in [3.8, 4) is 5.75 Å². The van der Waals surface area contributed by atoms with Crippen LogP contribution in [0.15, 0.2) is 53.4 Å². The SMILES string of the molecule is Cc1ccc(C(=O)Nc2cc(O)c(S(=O)(=O)O)c3ccccc23)cc1N. The first-order chi connectivity index (χ1) is 12.2. The minimum Gasteiger partial charge on any atom is -0.506 e. The summed E-state index contributed by atoms with van der Waals surface area (Å²) in [6, 6.07) is 12.1. The second kappa shape index (κ2) is 6.32. The Kier molecular flexibility index (Phi) is 4.31. The highest BCUT2D eigenvalue weighted by atomic mass is 32.2. The molecule has 0 aliphatic carbocycles. The van der Waals surface area contributed by atoms with Crippen LogP contribution in [0.25, 0.3) is 10.8 Å². The molecule has 0 aromatic heterocycles. The quantitative estimate of drug-likeness (QED) is 0.413. The third kappa shape index (κ3) is 3.19. The first-order valence-corrected chi connectivity index (χ1v) is 9.02. The van der Waals surface area contributed by atoms with Gasteiger partial charge in [-0.05, 0) is 24.6 Å². The second-order valence-corrected chi connectivity index (χ2v) is 7.18. The van der Waals surface area contributed by atoms with Gasteiger partial charge < -0.3 is 16.2 Å². The number of hydrogen-bond acceptors (Lipinski definition) is 5. The number of carbonyl (C=O) groups is 1. The Balaban J connectivity index is 2.12.